The first kappa shape index (κ1) is 17.0. The molecule has 0 aromatic heterocycles. The van der Waals surface area contributed by atoms with Crippen molar-refractivity contribution in [3.05, 3.63) is 29.3 Å². The van der Waals surface area contributed by atoms with E-state index in [1.165, 1.54) is 0 Å². The third-order valence-corrected chi connectivity index (χ3v) is 2.76. The Labute approximate surface area is 126 Å². The van der Waals surface area contributed by atoms with Crippen LogP contribution in [0.1, 0.15) is 38.3 Å². The molecule has 0 aliphatic rings. The largest absolute Gasteiger partial charge is 0.495 e. The molecule has 0 atom stereocenters. The molecule has 0 aliphatic carbocycles. The number of nitrogens with one attached hydrogen (secondary N) is 2. The molecule has 0 fully saturated rings. The van der Waals surface area contributed by atoms with Gasteiger partial charge in [0, 0.05) is 25.0 Å². The minimum atomic E-state index is -0.197. The van der Waals surface area contributed by atoms with Gasteiger partial charge in [0.05, 0.1) is 12.7 Å². The van der Waals surface area contributed by atoms with Crippen molar-refractivity contribution in [2.24, 2.45) is 0 Å². The summed E-state index contributed by atoms with van der Waals surface area (Å²) in [4.78, 5) is 11.6. The van der Waals surface area contributed by atoms with E-state index in [1.54, 1.807) is 13.2 Å². The smallest absolute Gasteiger partial charge is 0.221 e. The van der Waals surface area contributed by atoms with Gasteiger partial charge in [-0.2, -0.15) is 5.26 Å². The maximum Gasteiger partial charge on any atom is 0.221 e. The van der Waals surface area contributed by atoms with Crippen LogP contribution in [0.4, 0.5) is 0 Å². The Morgan fingerprint density at radius 1 is 1.38 bits per heavy atom. The zero-order chi connectivity index (χ0) is 15.9. The van der Waals surface area contributed by atoms with E-state index in [0.29, 0.717) is 30.8 Å². The van der Waals surface area contributed by atoms with E-state index in [2.05, 4.69) is 16.7 Å². The molecule has 5 heteroatoms. The summed E-state index contributed by atoms with van der Waals surface area (Å²) in [6.07, 6.45) is 0.435. The Morgan fingerprint density at radius 2 is 2.10 bits per heavy atom. The molecule has 1 aromatic carbocycles. The molecular weight excluding hydrogens is 266 g/mol. The van der Waals surface area contributed by atoms with E-state index >= 15 is 0 Å². The van der Waals surface area contributed by atoms with Gasteiger partial charge in [0.2, 0.25) is 5.91 Å². The molecule has 0 radical (unpaired) electrons. The normalized spacial score (nSPS) is 10.8. The SMILES string of the molecule is COc1cc(CNCCC(=O)NC(C)(C)C)ccc1C#N. The van der Waals surface area contributed by atoms with Crippen LogP contribution in [0, 0.1) is 11.3 Å². The molecule has 5 nitrogen and oxygen atoms in total. The van der Waals surface area contributed by atoms with Crippen molar-refractivity contribution in [1.29, 1.82) is 5.26 Å². The molecule has 0 spiro atoms. The fourth-order valence-electron chi connectivity index (χ4n) is 1.85. The predicted molar refractivity (Wildman–Crippen MR) is 81.9 cm³/mol. The van der Waals surface area contributed by atoms with Gasteiger partial charge in [-0.25, -0.2) is 0 Å². The Balaban J connectivity index is 2.40. The van der Waals surface area contributed by atoms with Gasteiger partial charge < -0.3 is 15.4 Å². The van der Waals surface area contributed by atoms with Crippen LogP contribution in [0.3, 0.4) is 0 Å². The summed E-state index contributed by atoms with van der Waals surface area (Å²) in [5, 5.41) is 15.0. The first-order chi connectivity index (χ1) is 9.85. The van der Waals surface area contributed by atoms with E-state index in [4.69, 9.17) is 10.00 Å². The van der Waals surface area contributed by atoms with Crippen molar-refractivity contribution in [3.8, 4) is 11.8 Å². The maximum absolute atomic E-state index is 11.6. The third-order valence-electron chi connectivity index (χ3n) is 2.76. The predicted octanol–water partition coefficient (Wildman–Crippen LogP) is 1.96. The fourth-order valence-corrected chi connectivity index (χ4v) is 1.85. The van der Waals surface area contributed by atoms with Gasteiger partial charge in [0.25, 0.3) is 0 Å². The highest BCUT2D eigenvalue weighted by Crippen LogP contribution is 2.18. The van der Waals surface area contributed by atoms with Crippen molar-refractivity contribution in [2.75, 3.05) is 13.7 Å². The second kappa shape index (κ2) is 7.65. The van der Waals surface area contributed by atoms with Gasteiger partial charge in [-0.1, -0.05) is 6.07 Å². The van der Waals surface area contributed by atoms with Crippen molar-refractivity contribution in [2.45, 2.75) is 39.3 Å². The number of hydrogen-bond acceptors (Lipinski definition) is 4. The molecule has 114 valence electrons. The maximum atomic E-state index is 11.6. The molecular formula is C16H23N3O2. The zero-order valence-corrected chi connectivity index (χ0v) is 13.1. The highest BCUT2D eigenvalue weighted by atomic mass is 16.5. The number of carbonyl (C=O) groups excluding carboxylic acids is 1. The number of amides is 1. The van der Waals surface area contributed by atoms with Crippen molar-refractivity contribution < 1.29 is 9.53 Å². The fraction of sp³-hybridized carbons (Fsp3) is 0.500. The molecule has 0 bridgehead atoms. The summed E-state index contributed by atoms with van der Waals surface area (Å²) in [5.41, 5.74) is 1.34. The van der Waals surface area contributed by atoms with Gasteiger partial charge in [-0.3, -0.25) is 4.79 Å². The third kappa shape index (κ3) is 6.28. The Hall–Kier alpha value is -2.06. The quantitative estimate of drug-likeness (QED) is 0.785. The molecule has 0 heterocycles. The first-order valence-electron chi connectivity index (χ1n) is 6.94. The molecule has 0 unspecified atom stereocenters. The Bertz CT molecular complexity index is 527. The Kier molecular flexibility index (Phi) is 6.19. The molecule has 0 saturated carbocycles. The lowest BCUT2D eigenvalue weighted by Gasteiger charge is -2.20. The first-order valence-corrected chi connectivity index (χ1v) is 6.94. The molecule has 21 heavy (non-hydrogen) atoms. The minimum absolute atomic E-state index is 0.0346. The highest BCUT2D eigenvalue weighted by Gasteiger charge is 2.12. The van der Waals surface area contributed by atoms with Gasteiger partial charge in [-0.15, -0.1) is 0 Å². The second-order valence-corrected chi connectivity index (χ2v) is 5.87. The van der Waals surface area contributed by atoms with Gasteiger partial charge >= 0.3 is 0 Å². The topological polar surface area (TPSA) is 74.2 Å². The molecule has 2 N–H and O–H groups in total. The number of carbonyl (C=O) groups is 1. The average molecular weight is 289 g/mol. The molecule has 1 rings (SSSR count). The van der Waals surface area contributed by atoms with Crippen LogP contribution in [0.5, 0.6) is 5.75 Å². The van der Waals surface area contributed by atoms with Crippen LogP contribution in [-0.2, 0) is 11.3 Å². The van der Waals surface area contributed by atoms with Crippen molar-refractivity contribution >= 4 is 5.91 Å². The molecule has 1 aromatic rings. The van der Waals surface area contributed by atoms with Gasteiger partial charge in [-0.05, 0) is 38.5 Å². The van der Waals surface area contributed by atoms with Crippen molar-refractivity contribution in [3.63, 3.8) is 0 Å². The van der Waals surface area contributed by atoms with Gasteiger partial charge in [0.1, 0.15) is 11.8 Å². The number of benzene rings is 1. The van der Waals surface area contributed by atoms with Crippen LogP contribution in [-0.4, -0.2) is 25.1 Å². The van der Waals surface area contributed by atoms with E-state index in [9.17, 15) is 4.79 Å². The number of nitriles is 1. The summed E-state index contributed by atoms with van der Waals surface area (Å²) in [6, 6.07) is 7.53. The minimum Gasteiger partial charge on any atom is -0.495 e. The summed E-state index contributed by atoms with van der Waals surface area (Å²) in [5.74, 6) is 0.606. The summed E-state index contributed by atoms with van der Waals surface area (Å²) < 4.78 is 5.16. The highest BCUT2D eigenvalue weighted by molar-refractivity contribution is 5.76. The average Bonchev–Trinajstić information content (AvgIpc) is 2.41. The van der Waals surface area contributed by atoms with Crippen LogP contribution in [0.25, 0.3) is 0 Å². The van der Waals surface area contributed by atoms with E-state index in [0.717, 1.165) is 5.56 Å². The number of hydrogen-bond donors (Lipinski definition) is 2. The van der Waals surface area contributed by atoms with Crippen LogP contribution >= 0.6 is 0 Å². The van der Waals surface area contributed by atoms with E-state index in [1.807, 2.05) is 32.9 Å². The number of rotatable bonds is 6. The van der Waals surface area contributed by atoms with E-state index < -0.39 is 0 Å². The lowest BCUT2D eigenvalue weighted by molar-refractivity contribution is -0.122. The van der Waals surface area contributed by atoms with Gasteiger partial charge in [0.15, 0.2) is 0 Å². The summed E-state index contributed by atoms with van der Waals surface area (Å²) >= 11 is 0. The number of methoxy groups -OCH3 is 1. The summed E-state index contributed by atoms with van der Waals surface area (Å²) in [7, 11) is 1.55. The lowest BCUT2D eigenvalue weighted by Crippen LogP contribution is -2.41. The van der Waals surface area contributed by atoms with Crippen LogP contribution in [0.2, 0.25) is 0 Å². The second-order valence-electron chi connectivity index (χ2n) is 5.87. The summed E-state index contributed by atoms with van der Waals surface area (Å²) in [6.45, 7) is 7.11. The number of ether oxygens (including phenoxy) is 1. The van der Waals surface area contributed by atoms with Crippen LogP contribution in [0.15, 0.2) is 18.2 Å². The lowest BCUT2D eigenvalue weighted by atomic mass is 10.1. The standard InChI is InChI=1S/C16H23N3O2/c1-16(2,3)19-15(20)7-8-18-11-12-5-6-13(10-17)14(9-12)21-4/h5-6,9,18H,7-8,11H2,1-4H3,(H,19,20). The van der Waals surface area contributed by atoms with E-state index in [-0.39, 0.29) is 11.4 Å². The molecule has 1 amide bonds. The van der Waals surface area contributed by atoms with Crippen molar-refractivity contribution in [1.82, 2.24) is 10.6 Å². The monoisotopic (exact) mass is 289 g/mol. The van der Waals surface area contributed by atoms with Crippen LogP contribution < -0.4 is 15.4 Å². The number of nitrogens with zero attached hydrogens (tertiary/aromatic N) is 1. The Morgan fingerprint density at radius 3 is 2.67 bits per heavy atom. The zero-order valence-electron chi connectivity index (χ0n) is 13.1. The molecule has 0 aliphatic heterocycles. The molecule has 0 saturated heterocycles.